The normalized spacial score (nSPS) is 19.1. The topological polar surface area (TPSA) is 28.2 Å². The molecule has 0 radical (unpaired) electrons. The monoisotopic (exact) mass is 253 g/mol. The first-order chi connectivity index (χ1) is 9.40. The number of nitrogens with one attached hydrogen (secondary N) is 1. The van der Waals surface area contributed by atoms with Crippen LogP contribution in [-0.2, 0) is 0 Å². The smallest absolute Gasteiger partial charge is 0.136 e. The molecule has 98 valence electrons. The molecular formula is C16H19N3. The number of pyridine rings is 1. The predicted octanol–water partition coefficient (Wildman–Crippen LogP) is 3.41. The average Bonchev–Trinajstić information content (AvgIpc) is 3.08. The third kappa shape index (κ3) is 2.14. The Kier molecular flexibility index (Phi) is 2.57. The van der Waals surface area contributed by atoms with Crippen molar-refractivity contribution < 1.29 is 0 Å². The Morgan fingerprint density at radius 3 is 2.74 bits per heavy atom. The summed E-state index contributed by atoms with van der Waals surface area (Å²) < 4.78 is 0. The van der Waals surface area contributed by atoms with Crippen LogP contribution in [0.5, 0.6) is 0 Å². The Morgan fingerprint density at radius 1 is 1.11 bits per heavy atom. The highest BCUT2D eigenvalue weighted by Crippen LogP contribution is 2.31. The van der Waals surface area contributed by atoms with E-state index in [2.05, 4.69) is 39.5 Å². The van der Waals surface area contributed by atoms with Gasteiger partial charge in [-0.15, -0.1) is 0 Å². The molecule has 2 aliphatic rings. The summed E-state index contributed by atoms with van der Waals surface area (Å²) in [6.07, 6.45) is 7.13. The molecule has 0 spiro atoms. The van der Waals surface area contributed by atoms with Gasteiger partial charge in [-0.3, -0.25) is 0 Å². The molecule has 0 atom stereocenters. The fraction of sp³-hybridized carbons (Fsp3) is 0.438. The zero-order valence-corrected chi connectivity index (χ0v) is 11.1. The van der Waals surface area contributed by atoms with Crippen LogP contribution in [-0.4, -0.2) is 24.1 Å². The van der Waals surface area contributed by atoms with Crippen molar-refractivity contribution in [3.05, 3.63) is 30.5 Å². The number of rotatable bonds is 3. The number of hydrogen-bond acceptors (Lipinski definition) is 3. The Morgan fingerprint density at radius 2 is 1.95 bits per heavy atom. The van der Waals surface area contributed by atoms with Crippen LogP contribution in [0.1, 0.15) is 25.7 Å². The molecule has 2 aromatic rings. The van der Waals surface area contributed by atoms with Gasteiger partial charge in [0.05, 0.1) is 0 Å². The molecule has 4 rings (SSSR count). The molecule has 19 heavy (non-hydrogen) atoms. The molecule has 1 aromatic carbocycles. The Bertz CT molecular complexity index is 598. The van der Waals surface area contributed by atoms with Crippen LogP contribution < -0.4 is 10.2 Å². The van der Waals surface area contributed by atoms with Crippen molar-refractivity contribution in [2.45, 2.75) is 31.7 Å². The highest BCUT2D eigenvalue weighted by atomic mass is 15.2. The Balaban J connectivity index is 1.77. The SMILES string of the molecule is c1cc2ccc(NC3CC3)cc2c(N2CCCC2)n1. The Hall–Kier alpha value is -1.77. The highest BCUT2D eigenvalue weighted by Gasteiger charge is 2.21. The lowest BCUT2D eigenvalue weighted by atomic mass is 10.1. The lowest BCUT2D eigenvalue weighted by molar-refractivity contribution is 0.946. The minimum absolute atomic E-state index is 0.698. The van der Waals surface area contributed by atoms with Gasteiger partial charge in [0.1, 0.15) is 5.82 Å². The van der Waals surface area contributed by atoms with Crippen molar-refractivity contribution in [1.82, 2.24) is 4.98 Å². The second-order valence-corrected chi connectivity index (χ2v) is 5.68. The largest absolute Gasteiger partial charge is 0.382 e. The molecule has 1 aromatic heterocycles. The van der Waals surface area contributed by atoms with Crippen molar-refractivity contribution >= 4 is 22.3 Å². The fourth-order valence-electron chi connectivity index (χ4n) is 2.89. The number of nitrogens with zero attached hydrogens (tertiary/aromatic N) is 2. The molecule has 1 N–H and O–H groups in total. The van der Waals surface area contributed by atoms with Crippen molar-refractivity contribution in [3.63, 3.8) is 0 Å². The van der Waals surface area contributed by atoms with Crippen LogP contribution in [0.15, 0.2) is 30.5 Å². The first-order valence-corrected chi connectivity index (χ1v) is 7.30. The quantitative estimate of drug-likeness (QED) is 0.908. The lowest BCUT2D eigenvalue weighted by Crippen LogP contribution is -2.19. The van der Waals surface area contributed by atoms with Crippen molar-refractivity contribution in [2.75, 3.05) is 23.3 Å². The summed E-state index contributed by atoms with van der Waals surface area (Å²) >= 11 is 0. The minimum atomic E-state index is 0.698. The average molecular weight is 253 g/mol. The van der Waals surface area contributed by atoms with Crippen molar-refractivity contribution in [3.8, 4) is 0 Å². The van der Waals surface area contributed by atoms with Crippen LogP contribution in [0.3, 0.4) is 0 Å². The van der Waals surface area contributed by atoms with E-state index in [4.69, 9.17) is 0 Å². The second-order valence-electron chi connectivity index (χ2n) is 5.68. The van der Waals surface area contributed by atoms with Gasteiger partial charge in [-0.05, 0) is 49.3 Å². The first-order valence-electron chi connectivity index (χ1n) is 7.30. The molecule has 3 heteroatoms. The van der Waals surface area contributed by atoms with Crippen LogP contribution in [0, 0.1) is 0 Å². The summed E-state index contributed by atoms with van der Waals surface area (Å²) in [5.74, 6) is 1.16. The molecule has 0 bridgehead atoms. The molecule has 1 aliphatic heterocycles. The van der Waals surface area contributed by atoms with E-state index in [1.165, 1.54) is 42.1 Å². The van der Waals surface area contributed by atoms with Gasteiger partial charge in [-0.1, -0.05) is 6.07 Å². The maximum absolute atomic E-state index is 4.62. The molecular weight excluding hydrogens is 234 g/mol. The fourth-order valence-corrected chi connectivity index (χ4v) is 2.89. The molecule has 1 saturated carbocycles. The van der Waals surface area contributed by atoms with Gasteiger partial charge in [-0.25, -0.2) is 4.98 Å². The van der Waals surface area contributed by atoms with E-state index >= 15 is 0 Å². The number of anilines is 2. The van der Waals surface area contributed by atoms with E-state index in [1.807, 2.05) is 6.20 Å². The van der Waals surface area contributed by atoms with Crippen LogP contribution >= 0.6 is 0 Å². The van der Waals surface area contributed by atoms with Gasteiger partial charge < -0.3 is 10.2 Å². The van der Waals surface area contributed by atoms with Crippen molar-refractivity contribution in [1.29, 1.82) is 0 Å². The van der Waals surface area contributed by atoms with Gasteiger partial charge in [-0.2, -0.15) is 0 Å². The molecule has 3 nitrogen and oxygen atoms in total. The van der Waals surface area contributed by atoms with E-state index in [0.29, 0.717) is 6.04 Å². The maximum Gasteiger partial charge on any atom is 0.136 e. The van der Waals surface area contributed by atoms with Crippen LogP contribution in [0.4, 0.5) is 11.5 Å². The molecule has 1 aliphatic carbocycles. The predicted molar refractivity (Wildman–Crippen MR) is 79.8 cm³/mol. The molecule has 1 saturated heterocycles. The van der Waals surface area contributed by atoms with E-state index < -0.39 is 0 Å². The highest BCUT2D eigenvalue weighted by molar-refractivity contribution is 5.94. The zero-order chi connectivity index (χ0) is 12.7. The summed E-state index contributed by atoms with van der Waals surface area (Å²) in [5.41, 5.74) is 1.24. The summed E-state index contributed by atoms with van der Waals surface area (Å²) in [5, 5.41) is 6.16. The van der Waals surface area contributed by atoms with Crippen LogP contribution in [0.2, 0.25) is 0 Å². The van der Waals surface area contributed by atoms with Gasteiger partial charge in [0, 0.05) is 36.4 Å². The molecule has 0 amide bonds. The minimum Gasteiger partial charge on any atom is -0.382 e. The Labute approximate surface area is 113 Å². The lowest BCUT2D eigenvalue weighted by Gasteiger charge is -2.19. The summed E-state index contributed by atoms with van der Waals surface area (Å²) in [6, 6.07) is 9.48. The summed E-state index contributed by atoms with van der Waals surface area (Å²) in [7, 11) is 0. The van der Waals surface area contributed by atoms with Gasteiger partial charge in [0.25, 0.3) is 0 Å². The maximum atomic E-state index is 4.62. The van der Waals surface area contributed by atoms with E-state index in [1.54, 1.807) is 0 Å². The van der Waals surface area contributed by atoms with Gasteiger partial charge in [0.2, 0.25) is 0 Å². The zero-order valence-electron chi connectivity index (χ0n) is 11.1. The molecule has 2 fully saturated rings. The number of aromatic nitrogens is 1. The molecule has 2 heterocycles. The van der Waals surface area contributed by atoms with Gasteiger partial charge in [0.15, 0.2) is 0 Å². The van der Waals surface area contributed by atoms with E-state index in [-0.39, 0.29) is 0 Å². The third-order valence-electron chi connectivity index (χ3n) is 4.10. The van der Waals surface area contributed by atoms with Crippen molar-refractivity contribution in [2.24, 2.45) is 0 Å². The van der Waals surface area contributed by atoms with E-state index in [0.717, 1.165) is 18.9 Å². The number of benzene rings is 1. The standard InChI is InChI=1S/C16H19N3/c1-2-10-19(9-1)16-15-11-14(18-13-5-6-13)4-3-12(15)7-8-17-16/h3-4,7-8,11,13,18H,1-2,5-6,9-10H2. The first kappa shape index (κ1) is 11.1. The second kappa shape index (κ2) is 4.41. The number of fused-ring (bicyclic) bond motifs is 1. The third-order valence-corrected chi connectivity index (χ3v) is 4.10. The van der Waals surface area contributed by atoms with E-state index in [9.17, 15) is 0 Å². The van der Waals surface area contributed by atoms with Gasteiger partial charge >= 0.3 is 0 Å². The van der Waals surface area contributed by atoms with Crippen LogP contribution in [0.25, 0.3) is 10.8 Å². The number of hydrogen-bond donors (Lipinski definition) is 1. The molecule has 0 unspecified atom stereocenters. The summed E-state index contributed by atoms with van der Waals surface area (Å²) in [4.78, 5) is 7.04. The summed E-state index contributed by atoms with van der Waals surface area (Å²) in [6.45, 7) is 2.29.